The zero-order valence-electron chi connectivity index (χ0n) is 23.9. The Kier molecular flexibility index (Phi) is 11.1. The van der Waals surface area contributed by atoms with E-state index in [1.807, 2.05) is 0 Å². The molecule has 3 aromatic carbocycles. The second-order valence-electron chi connectivity index (χ2n) is 9.92. The van der Waals surface area contributed by atoms with Gasteiger partial charge in [-0.1, -0.05) is 42.5 Å². The number of amides is 1. The van der Waals surface area contributed by atoms with Crippen LogP contribution in [0.25, 0.3) is 0 Å². The zero-order chi connectivity index (χ0) is 34.4. The van der Waals surface area contributed by atoms with Crippen LogP contribution in [0.15, 0.2) is 91.1 Å². The van der Waals surface area contributed by atoms with Crippen molar-refractivity contribution in [2.45, 2.75) is 44.1 Å². The highest BCUT2D eigenvalue weighted by molar-refractivity contribution is 5.95. The molecular formula is C32H26F10N2O2. The fourth-order valence-corrected chi connectivity index (χ4v) is 4.48. The van der Waals surface area contributed by atoms with Crippen LogP contribution in [0.1, 0.15) is 46.0 Å². The number of nitrogens with one attached hydrogen (secondary N) is 1. The Morgan fingerprint density at radius 3 is 2.22 bits per heavy atom. The summed E-state index contributed by atoms with van der Waals surface area (Å²) in [6, 6.07) is 6.25. The van der Waals surface area contributed by atoms with Gasteiger partial charge in [0.15, 0.2) is 0 Å². The number of ether oxygens (including phenoxy) is 1. The van der Waals surface area contributed by atoms with Gasteiger partial charge in [0.1, 0.15) is 23.2 Å². The predicted octanol–water partition coefficient (Wildman–Crippen LogP) is 8.57. The average Bonchev–Trinajstić information content (AvgIpc) is 2.96. The Hall–Kier alpha value is -4.59. The van der Waals surface area contributed by atoms with Gasteiger partial charge in [0.05, 0.1) is 11.1 Å². The standard InChI is InChI=1S/C32H26F10N2O2/c1-3-4-5-6-18(2)16-30(21-8-10-26(34)20(11-21)17-43,22-13-23(33)15-24(14-22)46-32(41,42)29(36)37)44-28(45)19-7-9-27(35)25(12-19)31(38,39)40/h3-15,29H,2,16-17,43H2,1H3,(H,44,45)/b4-3-,6-5-/t30-/m1/s1. The third-order valence-electron chi connectivity index (χ3n) is 6.62. The van der Waals surface area contributed by atoms with Crippen molar-refractivity contribution in [2.24, 2.45) is 5.73 Å². The van der Waals surface area contributed by atoms with Crippen molar-refractivity contribution in [1.29, 1.82) is 0 Å². The van der Waals surface area contributed by atoms with Gasteiger partial charge in [0.2, 0.25) is 0 Å². The Morgan fingerprint density at radius 2 is 1.61 bits per heavy atom. The first-order valence-electron chi connectivity index (χ1n) is 13.2. The van der Waals surface area contributed by atoms with Crippen molar-refractivity contribution in [3.63, 3.8) is 0 Å². The van der Waals surface area contributed by atoms with Crippen molar-refractivity contribution >= 4 is 5.91 Å². The van der Waals surface area contributed by atoms with Crippen LogP contribution in [-0.2, 0) is 18.3 Å². The predicted molar refractivity (Wildman–Crippen MR) is 150 cm³/mol. The van der Waals surface area contributed by atoms with E-state index in [4.69, 9.17) is 5.73 Å². The van der Waals surface area contributed by atoms with Gasteiger partial charge in [-0.2, -0.15) is 30.7 Å². The fraction of sp³-hybridized carbons (Fsp3) is 0.219. The van der Waals surface area contributed by atoms with Crippen molar-refractivity contribution < 1.29 is 53.4 Å². The molecule has 0 radical (unpaired) electrons. The number of rotatable bonds is 12. The number of hydrogen-bond donors (Lipinski definition) is 2. The number of carbonyl (C=O) groups excluding carboxylic acids is 1. The summed E-state index contributed by atoms with van der Waals surface area (Å²) in [6.07, 6.45) is -8.96. The Morgan fingerprint density at radius 1 is 0.935 bits per heavy atom. The van der Waals surface area contributed by atoms with E-state index in [9.17, 15) is 44.3 Å². The van der Waals surface area contributed by atoms with E-state index in [2.05, 4.69) is 16.6 Å². The maximum absolute atomic E-state index is 15.0. The molecule has 0 unspecified atom stereocenters. The van der Waals surface area contributed by atoms with Crippen LogP contribution in [0.2, 0.25) is 0 Å². The SMILES string of the molecule is C=C(/C=C\C=C/C)C[C@](NC(=O)c1ccc(F)c(C(F)(F)F)c1)(c1cc(F)cc(OC(F)(F)C(F)F)c1)c1ccc(F)c(CN)c1. The number of hydrogen-bond acceptors (Lipinski definition) is 3. The van der Waals surface area contributed by atoms with Crippen LogP contribution in [-0.4, -0.2) is 18.4 Å². The minimum atomic E-state index is -5.21. The molecule has 246 valence electrons. The quantitative estimate of drug-likeness (QED) is 0.151. The van der Waals surface area contributed by atoms with Crippen LogP contribution >= 0.6 is 0 Å². The molecule has 0 saturated carbocycles. The first-order valence-corrected chi connectivity index (χ1v) is 13.2. The van der Waals surface area contributed by atoms with Crippen molar-refractivity contribution in [3.05, 3.63) is 136 Å². The monoisotopic (exact) mass is 660 g/mol. The van der Waals surface area contributed by atoms with Crippen LogP contribution in [0.3, 0.4) is 0 Å². The molecule has 0 aromatic heterocycles. The zero-order valence-corrected chi connectivity index (χ0v) is 23.9. The number of allylic oxidation sites excluding steroid dienone is 4. The van der Waals surface area contributed by atoms with Crippen molar-refractivity contribution in [2.75, 3.05) is 0 Å². The molecule has 0 bridgehead atoms. The third-order valence-corrected chi connectivity index (χ3v) is 6.62. The summed E-state index contributed by atoms with van der Waals surface area (Å²) in [5.41, 5.74) is 0.396. The van der Waals surface area contributed by atoms with Crippen LogP contribution in [0, 0.1) is 17.5 Å². The number of benzene rings is 3. The molecular weight excluding hydrogens is 634 g/mol. The summed E-state index contributed by atoms with van der Waals surface area (Å²) in [6.45, 7) is 5.16. The normalized spacial score (nSPS) is 13.8. The molecule has 46 heavy (non-hydrogen) atoms. The Balaban J connectivity index is 2.37. The minimum absolute atomic E-state index is 0.0985. The van der Waals surface area contributed by atoms with Gasteiger partial charge in [0.25, 0.3) is 5.91 Å². The summed E-state index contributed by atoms with van der Waals surface area (Å²) in [5, 5.41) is 2.45. The molecule has 0 aliphatic carbocycles. The number of halogens is 10. The number of alkyl halides is 7. The lowest BCUT2D eigenvalue weighted by molar-refractivity contribution is -0.253. The highest BCUT2D eigenvalue weighted by atomic mass is 19.4. The van der Waals surface area contributed by atoms with Crippen molar-refractivity contribution in [1.82, 2.24) is 5.32 Å². The summed E-state index contributed by atoms with van der Waals surface area (Å²) in [5.74, 6) is -6.23. The lowest BCUT2D eigenvalue weighted by atomic mass is 9.77. The number of nitrogens with two attached hydrogens (primary N) is 1. The van der Waals surface area contributed by atoms with Gasteiger partial charge < -0.3 is 15.8 Å². The molecule has 3 rings (SSSR count). The lowest BCUT2D eigenvalue weighted by Gasteiger charge is -2.37. The summed E-state index contributed by atoms with van der Waals surface area (Å²) in [4.78, 5) is 13.6. The Labute approximate surface area is 256 Å². The first-order chi connectivity index (χ1) is 21.4. The van der Waals surface area contributed by atoms with Crippen LogP contribution < -0.4 is 15.8 Å². The van der Waals surface area contributed by atoms with Crippen molar-refractivity contribution in [3.8, 4) is 5.75 Å². The third kappa shape index (κ3) is 8.36. The van der Waals surface area contributed by atoms with E-state index in [0.717, 1.165) is 24.3 Å². The fourth-order valence-electron chi connectivity index (χ4n) is 4.48. The summed E-state index contributed by atoms with van der Waals surface area (Å²) >= 11 is 0. The molecule has 0 aliphatic rings. The topological polar surface area (TPSA) is 64.3 Å². The van der Waals surface area contributed by atoms with Crippen LogP contribution in [0.5, 0.6) is 5.75 Å². The maximum atomic E-state index is 15.0. The van der Waals surface area contributed by atoms with E-state index < -0.39 is 83.0 Å². The average molecular weight is 661 g/mol. The van der Waals surface area contributed by atoms with Gasteiger partial charge in [-0.3, -0.25) is 4.79 Å². The molecule has 0 saturated heterocycles. The Bertz CT molecular complexity index is 1650. The van der Waals surface area contributed by atoms with E-state index in [-0.39, 0.29) is 22.8 Å². The first kappa shape index (κ1) is 35.9. The maximum Gasteiger partial charge on any atom is 0.461 e. The molecule has 0 fully saturated rings. The largest absolute Gasteiger partial charge is 0.461 e. The molecule has 1 amide bonds. The molecule has 0 heterocycles. The molecule has 0 aliphatic heterocycles. The smallest absolute Gasteiger partial charge is 0.428 e. The number of carbonyl (C=O) groups is 1. The van der Waals surface area contributed by atoms with E-state index in [1.165, 1.54) is 12.2 Å². The lowest BCUT2D eigenvalue weighted by Crippen LogP contribution is -2.47. The second-order valence-corrected chi connectivity index (χ2v) is 9.92. The van der Waals surface area contributed by atoms with Crippen LogP contribution in [0.4, 0.5) is 43.9 Å². The minimum Gasteiger partial charge on any atom is -0.428 e. The molecule has 4 nitrogen and oxygen atoms in total. The van der Waals surface area contributed by atoms with E-state index in [0.29, 0.717) is 24.3 Å². The molecule has 0 spiro atoms. The van der Waals surface area contributed by atoms with Gasteiger partial charge in [-0.15, -0.1) is 0 Å². The van der Waals surface area contributed by atoms with E-state index >= 15 is 4.39 Å². The van der Waals surface area contributed by atoms with Gasteiger partial charge in [0, 0.05) is 30.2 Å². The van der Waals surface area contributed by atoms with Gasteiger partial charge in [-0.05, 0) is 60.5 Å². The van der Waals surface area contributed by atoms with E-state index in [1.54, 1.807) is 19.1 Å². The second kappa shape index (κ2) is 14.2. The van der Waals surface area contributed by atoms with Gasteiger partial charge >= 0.3 is 18.7 Å². The molecule has 3 N–H and O–H groups in total. The highest BCUT2D eigenvalue weighted by Gasteiger charge is 2.45. The summed E-state index contributed by atoms with van der Waals surface area (Å²) in [7, 11) is 0. The van der Waals surface area contributed by atoms with Gasteiger partial charge in [-0.25, -0.2) is 13.2 Å². The summed E-state index contributed by atoms with van der Waals surface area (Å²) < 4.78 is 142. The molecule has 14 heteroatoms. The molecule has 3 aromatic rings. The molecule has 1 atom stereocenters. The highest BCUT2D eigenvalue weighted by Crippen LogP contribution is 2.40.